The van der Waals surface area contributed by atoms with E-state index in [1.807, 2.05) is 0 Å². The van der Waals surface area contributed by atoms with Crippen LogP contribution in [0.3, 0.4) is 0 Å². The first-order valence-electron chi connectivity index (χ1n) is 6.06. The molecular formula is C13H22N2. The predicted molar refractivity (Wildman–Crippen MR) is 65.0 cm³/mol. The van der Waals surface area contributed by atoms with Gasteiger partial charge in [-0.3, -0.25) is 4.90 Å². The standard InChI is InChI=1S/C13H22N2/c1-12(13-6-4-3-5-7-13)15-10-8-14(2)9-11-15/h4,6-7,12H,3,5,8-11H2,1-2H3. The molecule has 0 radical (unpaired) electrons. The fourth-order valence-electron chi connectivity index (χ4n) is 2.36. The zero-order valence-electron chi connectivity index (χ0n) is 9.95. The van der Waals surface area contributed by atoms with Crippen molar-refractivity contribution < 1.29 is 0 Å². The van der Waals surface area contributed by atoms with E-state index in [9.17, 15) is 0 Å². The second-order valence-corrected chi connectivity index (χ2v) is 4.70. The third-order valence-corrected chi connectivity index (χ3v) is 3.59. The molecule has 1 atom stereocenters. The lowest BCUT2D eigenvalue weighted by Gasteiger charge is -2.37. The van der Waals surface area contributed by atoms with Gasteiger partial charge in [0.05, 0.1) is 0 Å². The highest BCUT2D eigenvalue weighted by atomic mass is 15.3. The van der Waals surface area contributed by atoms with Crippen molar-refractivity contribution in [2.24, 2.45) is 0 Å². The van der Waals surface area contributed by atoms with Crippen LogP contribution in [0.5, 0.6) is 0 Å². The van der Waals surface area contributed by atoms with Crippen molar-refractivity contribution in [3.8, 4) is 0 Å². The van der Waals surface area contributed by atoms with Crippen molar-refractivity contribution in [2.45, 2.75) is 25.8 Å². The van der Waals surface area contributed by atoms with Gasteiger partial charge < -0.3 is 4.90 Å². The molecule has 0 spiro atoms. The van der Waals surface area contributed by atoms with Crippen molar-refractivity contribution in [1.29, 1.82) is 0 Å². The molecular weight excluding hydrogens is 184 g/mol. The molecule has 1 saturated heterocycles. The zero-order chi connectivity index (χ0) is 10.7. The van der Waals surface area contributed by atoms with E-state index in [1.165, 1.54) is 44.6 Å². The minimum absolute atomic E-state index is 0.607. The number of likely N-dealkylation sites (N-methyl/N-ethyl adjacent to an activating group) is 1. The summed E-state index contributed by atoms with van der Waals surface area (Å²) in [5.41, 5.74) is 1.52. The van der Waals surface area contributed by atoms with Crippen LogP contribution in [0.15, 0.2) is 23.8 Å². The van der Waals surface area contributed by atoms with Crippen LogP contribution in [0.1, 0.15) is 19.8 Å². The van der Waals surface area contributed by atoms with Crippen molar-refractivity contribution in [1.82, 2.24) is 9.80 Å². The topological polar surface area (TPSA) is 6.48 Å². The second-order valence-electron chi connectivity index (χ2n) is 4.70. The van der Waals surface area contributed by atoms with Crippen LogP contribution in [-0.2, 0) is 0 Å². The fraction of sp³-hybridized carbons (Fsp3) is 0.692. The molecule has 0 aromatic rings. The maximum Gasteiger partial charge on any atom is 0.0317 e. The van der Waals surface area contributed by atoms with Gasteiger partial charge in [-0.05, 0) is 32.4 Å². The van der Waals surface area contributed by atoms with Gasteiger partial charge in [0.15, 0.2) is 0 Å². The third kappa shape index (κ3) is 2.70. The van der Waals surface area contributed by atoms with Gasteiger partial charge in [0.2, 0.25) is 0 Å². The number of allylic oxidation sites excluding steroid dienone is 2. The molecule has 1 unspecified atom stereocenters. The van der Waals surface area contributed by atoms with Gasteiger partial charge in [-0.15, -0.1) is 0 Å². The average molecular weight is 206 g/mol. The summed E-state index contributed by atoms with van der Waals surface area (Å²) in [6, 6.07) is 0.607. The summed E-state index contributed by atoms with van der Waals surface area (Å²) in [6.45, 7) is 7.18. The maximum atomic E-state index is 2.60. The fourth-order valence-corrected chi connectivity index (χ4v) is 2.36. The van der Waals surface area contributed by atoms with E-state index in [0.29, 0.717) is 6.04 Å². The Bertz CT molecular complexity index is 260. The number of rotatable bonds is 2. The van der Waals surface area contributed by atoms with E-state index in [1.54, 1.807) is 0 Å². The van der Waals surface area contributed by atoms with Crippen LogP contribution in [0, 0.1) is 0 Å². The lowest BCUT2D eigenvalue weighted by molar-refractivity contribution is 0.133. The summed E-state index contributed by atoms with van der Waals surface area (Å²) < 4.78 is 0. The second kappa shape index (κ2) is 4.95. The molecule has 1 fully saturated rings. The maximum absolute atomic E-state index is 2.60. The molecule has 1 heterocycles. The van der Waals surface area contributed by atoms with E-state index in [2.05, 4.69) is 42.0 Å². The first-order chi connectivity index (χ1) is 7.27. The van der Waals surface area contributed by atoms with Crippen molar-refractivity contribution in [2.75, 3.05) is 33.2 Å². The Morgan fingerprint density at radius 2 is 1.87 bits per heavy atom. The lowest BCUT2D eigenvalue weighted by Crippen LogP contribution is -2.48. The molecule has 15 heavy (non-hydrogen) atoms. The Morgan fingerprint density at radius 1 is 1.13 bits per heavy atom. The largest absolute Gasteiger partial charge is 0.304 e. The zero-order valence-corrected chi connectivity index (χ0v) is 9.95. The summed E-state index contributed by atoms with van der Waals surface area (Å²) in [5, 5.41) is 0. The third-order valence-electron chi connectivity index (χ3n) is 3.59. The van der Waals surface area contributed by atoms with Gasteiger partial charge in [-0.1, -0.05) is 18.2 Å². The highest BCUT2D eigenvalue weighted by Gasteiger charge is 2.20. The molecule has 2 rings (SSSR count). The van der Waals surface area contributed by atoms with Gasteiger partial charge in [-0.2, -0.15) is 0 Å². The van der Waals surface area contributed by atoms with Gasteiger partial charge >= 0.3 is 0 Å². The Morgan fingerprint density at radius 3 is 2.47 bits per heavy atom. The molecule has 1 aliphatic heterocycles. The molecule has 2 heteroatoms. The van der Waals surface area contributed by atoms with Crippen LogP contribution in [-0.4, -0.2) is 49.1 Å². The SMILES string of the molecule is CC(C1=CCCC=C1)N1CCN(C)CC1. The monoisotopic (exact) mass is 206 g/mol. The van der Waals surface area contributed by atoms with Crippen LogP contribution < -0.4 is 0 Å². The Labute approximate surface area is 93.2 Å². The Hall–Kier alpha value is -0.600. The smallest absolute Gasteiger partial charge is 0.0317 e. The molecule has 0 N–H and O–H groups in total. The van der Waals surface area contributed by atoms with Crippen LogP contribution in [0.25, 0.3) is 0 Å². The molecule has 0 aromatic heterocycles. The van der Waals surface area contributed by atoms with Gasteiger partial charge in [0, 0.05) is 32.2 Å². The van der Waals surface area contributed by atoms with Gasteiger partial charge in [0.25, 0.3) is 0 Å². The first-order valence-corrected chi connectivity index (χ1v) is 6.06. The summed E-state index contributed by atoms with van der Waals surface area (Å²) >= 11 is 0. The molecule has 2 aliphatic rings. The van der Waals surface area contributed by atoms with Gasteiger partial charge in [0.1, 0.15) is 0 Å². The van der Waals surface area contributed by atoms with E-state index < -0.39 is 0 Å². The summed E-state index contributed by atoms with van der Waals surface area (Å²) in [4.78, 5) is 5.01. The summed E-state index contributed by atoms with van der Waals surface area (Å²) in [5.74, 6) is 0. The highest BCUT2D eigenvalue weighted by Crippen LogP contribution is 2.18. The highest BCUT2D eigenvalue weighted by molar-refractivity contribution is 5.27. The lowest BCUT2D eigenvalue weighted by atomic mass is 10.00. The molecule has 0 saturated carbocycles. The quantitative estimate of drug-likeness (QED) is 0.681. The summed E-state index contributed by atoms with van der Waals surface area (Å²) in [7, 11) is 2.21. The average Bonchev–Trinajstić information content (AvgIpc) is 2.30. The molecule has 0 aromatic carbocycles. The van der Waals surface area contributed by atoms with Crippen molar-refractivity contribution in [3.63, 3.8) is 0 Å². The molecule has 84 valence electrons. The van der Waals surface area contributed by atoms with E-state index in [0.717, 1.165) is 0 Å². The van der Waals surface area contributed by atoms with Crippen LogP contribution >= 0.6 is 0 Å². The van der Waals surface area contributed by atoms with Crippen molar-refractivity contribution >= 4 is 0 Å². The van der Waals surface area contributed by atoms with E-state index in [-0.39, 0.29) is 0 Å². The van der Waals surface area contributed by atoms with Crippen LogP contribution in [0.4, 0.5) is 0 Å². The molecule has 2 nitrogen and oxygen atoms in total. The minimum atomic E-state index is 0.607. The van der Waals surface area contributed by atoms with E-state index >= 15 is 0 Å². The minimum Gasteiger partial charge on any atom is -0.304 e. The number of piperazine rings is 1. The molecule has 1 aliphatic carbocycles. The Balaban J connectivity index is 1.92. The number of nitrogens with zero attached hydrogens (tertiary/aromatic N) is 2. The number of hydrogen-bond acceptors (Lipinski definition) is 2. The predicted octanol–water partition coefficient (Wildman–Crippen LogP) is 1.90. The van der Waals surface area contributed by atoms with Crippen molar-refractivity contribution in [3.05, 3.63) is 23.8 Å². The van der Waals surface area contributed by atoms with Gasteiger partial charge in [-0.25, -0.2) is 0 Å². The van der Waals surface area contributed by atoms with Crippen LogP contribution in [0.2, 0.25) is 0 Å². The number of hydrogen-bond donors (Lipinski definition) is 0. The normalized spacial score (nSPS) is 26.4. The first kappa shape index (κ1) is 10.9. The summed E-state index contributed by atoms with van der Waals surface area (Å²) in [6.07, 6.45) is 9.47. The molecule has 0 bridgehead atoms. The Kier molecular flexibility index (Phi) is 3.60. The molecule has 0 amide bonds. The van der Waals surface area contributed by atoms with E-state index in [4.69, 9.17) is 0 Å².